The summed E-state index contributed by atoms with van der Waals surface area (Å²) in [6.07, 6.45) is 1.16. The molecule has 0 N–H and O–H groups in total. The molecular weight excluding hydrogens is 196 g/mol. The second-order valence-corrected chi connectivity index (χ2v) is 4.67. The first-order valence-corrected chi connectivity index (χ1v) is 5.36. The van der Waals surface area contributed by atoms with Crippen LogP contribution in [-0.4, -0.2) is 10.9 Å². The van der Waals surface area contributed by atoms with E-state index in [4.69, 9.17) is 0 Å². The van der Waals surface area contributed by atoms with E-state index in [1.54, 1.807) is 0 Å². The van der Waals surface area contributed by atoms with E-state index in [2.05, 4.69) is 11.8 Å². The summed E-state index contributed by atoms with van der Waals surface area (Å²) in [6, 6.07) is 3.00. The van der Waals surface area contributed by atoms with Gasteiger partial charge in [0.1, 0.15) is 11.6 Å². The summed E-state index contributed by atoms with van der Waals surface area (Å²) in [5.41, 5.74) is 1.13. The van der Waals surface area contributed by atoms with Crippen LogP contribution in [0.1, 0.15) is 24.5 Å². The lowest BCUT2D eigenvalue weighted by Crippen LogP contribution is -2.20. The molecule has 0 saturated heterocycles. The molecule has 1 aromatic carbocycles. The summed E-state index contributed by atoms with van der Waals surface area (Å²) in [5, 5.41) is 0. The third kappa shape index (κ3) is 1.37. The van der Waals surface area contributed by atoms with E-state index in [1.165, 1.54) is 12.1 Å². The van der Waals surface area contributed by atoms with Crippen LogP contribution in [0.15, 0.2) is 12.1 Å². The Morgan fingerprint density at radius 1 is 1.13 bits per heavy atom. The molecular formula is C12H13F2N. The van der Waals surface area contributed by atoms with Crippen LogP contribution < -0.4 is 0 Å². The van der Waals surface area contributed by atoms with Gasteiger partial charge in [0, 0.05) is 30.3 Å². The first-order chi connectivity index (χ1) is 7.16. The predicted molar refractivity (Wildman–Crippen MR) is 53.2 cm³/mol. The Labute approximate surface area is 87.7 Å². The molecule has 0 amide bonds. The van der Waals surface area contributed by atoms with Gasteiger partial charge < -0.3 is 0 Å². The highest BCUT2D eigenvalue weighted by Crippen LogP contribution is 2.40. The van der Waals surface area contributed by atoms with E-state index in [-0.39, 0.29) is 11.6 Å². The predicted octanol–water partition coefficient (Wildman–Crippen LogP) is 2.69. The topological polar surface area (TPSA) is 3.24 Å². The van der Waals surface area contributed by atoms with Crippen molar-refractivity contribution in [2.75, 3.05) is 0 Å². The molecule has 0 bridgehead atoms. The summed E-state index contributed by atoms with van der Waals surface area (Å²) in [6.45, 7) is 3.34. The quantitative estimate of drug-likeness (QED) is 0.687. The highest BCUT2D eigenvalue weighted by atomic mass is 19.1. The maximum Gasteiger partial charge on any atom is 0.128 e. The lowest BCUT2D eigenvalue weighted by Gasteiger charge is -2.13. The van der Waals surface area contributed by atoms with E-state index in [9.17, 15) is 8.78 Å². The molecule has 0 aromatic heterocycles. The molecule has 3 heteroatoms. The van der Waals surface area contributed by atoms with Gasteiger partial charge in [-0.2, -0.15) is 0 Å². The van der Waals surface area contributed by atoms with Gasteiger partial charge in [0.2, 0.25) is 0 Å². The molecule has 80 valence electrons. The van der Waals surface area contributed by atoms with Crippen LogP contribution >= 0.6 is 0 Å². The average Bonchev–Trinajstić information content (AvgIpc) is 2.79. The number of hydrogen-bond donors (Lipinski definition) is 0. The van der Waals surface area contributed by atoms with Crippen molar-refractivity contribution in [2.45, 2.75) is 32.5 Å². The summed E-state index contributed by atoms with van der Waals surface area (Å²) in [7, 11) is 0. The Kier molecular flexibility index (Phi) is 1.87. The van der Waals surface area contributed by atoms with Gasteiger partial charge in [-0.3, -0.25) is 4.90 Å². The maximum atomic E-state index is 13.4. The second kappa shape index (κ2) is 3.01. The monoisotopic (exact) mass is 209 g/mol. The van der Waals surface area contributed by atoms with Gasteiger partial charge in [-0.15, -0.1) is 0 Å². The van der Waals surface area contributed by atoms with Crippen molar-refractivity contribution in [3.8, 4) is 0 Å². The van der Waals surface area contributed by atoms with Gasteiger partial charge in [-0.1, -0.05) is 6.92 Å². The number of nitrogens with zero attached hydrogens (tertiary/aromatic N) is 1. The van der Waals surface area contributed by atoms with Gasteiger partial charge in [0.05, 0.1) is 0 Å². The second-order valence-electron chi connectivity index (χ2n) is 4.67. The summed E-state index contributed by atoms with van der Waals surface area (Å²) >= 11 is 0. The number of benzene rings is 1. The third-order valence-electron chi connectivity index (χ3n) is 3.58. The van der Waals surface area contributed by atoms with Gasteiger partial charge in [-0.25, -0.2) is 8.78 Å². The highest BCUT2D eigenvalue weighted by Gasteiger charge is 2.41. The standard InChI is InChI=1S/C12H13F2N/c1-7-4-12(7)15-5-8-9(6-15)11(14)3-2-10(8)13/h2-3,7,12H,4-6H2,1H3/t7-,12+/m1/s1. The van der Waals surface area contributed by atoms with Crippen molar-refractivity contribution in [1.82, 2.24) is 4.90 Å². The van der Waals surface area contributed by atoms with Crippen LogP contribution in [-0.2, 0) is 13.1 Å². The first-order valence-electron chi connectivity index (χ1n) is 5.36. The molecule has 0 unspecified atom stereocenters. The lowest BCUT2D eigenvalue weighted by molar-refractivity contribution is 0.259. The highest BCUT2D eigenvalue weighted by molar-refractivity contribution is 5.33. The van der Waals surface area contributed by atoms with Crippen LogP contribution in [0.3, 0.4) is 0 Å². The lowest BCUT2D eigenvalue weighted by atomic mass is 10.1. The Bertz CT molecular complexity index is 385. The van der Waals surface area contributed by atoms with Gasteiger partial charge in [0.15, 0.2) is 0 Å². The molecule has 1 heterocycles. The third-order valence-corrected chi connectivity index (χ3v) is 3.58. The number of halogens is 2. The van der Waals surface area contributed by atoms with E-state index in [0.717, 1.165) is 6.42 Å². The molecule has 1 fully saturated rings. The van der Waals surface area contributed by atoms with Crippen molar-refractivity contribution < 1.29 is 8.78 Å². The van der Waals surface area contributed by atoms with E-state index < -0.39 is 0 Å². The first kappa shape index (κ1) is 9.28. The fourth-order valence-corrected chi connectivity index (χ4v) is 2.49. The Morgan fingerprint density at radius 2 is 1.60 bits per heavy atom. The molecule has 1 nitrogen and oxygen atoms in total. The SMILES string of the molecule is C[C@@H]1C[C@@H]1N1Cc2c(F)ccc(F)c2C1. The zero-order valence-electron chi connectivity index (χ0n) is 8.63. The average molecular weight is 209 g/mol. The van der Waals surface area contributed by atoms with Crippen LogP contribution in [0.2, 0.25) is 0 Å². The molecule has 0 spiro atoms. The zero-order chi connectivity index (χ0) is 10.6. The maximum absolute atomic E-state index is 13.4. The summed E-state index contributed by atoms with van der Waals surface area (Å²) in [4.78, 5) is 2.18. The van der Waals surface area contributed by atoms with Crippen molar-refractivity contribution in [3.63, 3.8) is 0 Å². The largest absolute Gasteiger partial charge is 0.291 e. The minimum atomic E-state index is -0.262. The number of fused-ring (bicyclic) bond motifs is 1. The molecule has 0 radical (unpaired) electrons. The smallest absolute Gasteiger partial charge is 0.128 e. The van der Waals surface area contributed by atoms with Crippen LogP contribution in [0.5, 0.6) is 0 Å². The number of hydrogen-bond acceptors (Lipinski definition) is 1. The van der Waals surface area contributed by atoms with E-state index in [0.29, 0.717) is 36.2 Å². The fourth-order valence-electron chi connectivity index (χ4n) is 2.49. The van der Waals surface area contributed by atoms with Crippen molar-refractivity contribution in [1.29, 1.82) is 0 Å². The normalized spacial score (nSPS) is 29.3. The minimum Gasteiger partial charge on any atom is -0.291 e. The molecule has 2 atom stereocenters. The molecule has 1 aromatic rings. The van der Waals surface area contributed by atoms with E-state index in [1.807, 2.05) is 0 Å². The molecule has 1 aliphatic carbocycles. The number of rotatable bonds is 1. The van der Waals surface area contributed by atoms with Crippen molar-refractivity contribution in [3.05, 3.63) is 34.9 Å². The van der Waals surface area contributed by atoms with Crippen LogP contribution in [0.25, 0.3) is 0 Å². The van der Waals surface area contributed by atoms with Crippen molar-refractivity contribution >= 4 is 0 Å². The van der Waals surface area contributed by atoms with Gasteiger partial charge in [-0.05, 0) is 24.5 Å². The fraction of sp³-hybridized carbons (Fsp3) is 0.500. The summed E-state index contributed by atoms with van der Waals surface area (Å²) in [5.74, 6) is 0.162. The zero-order valence-corrected chi connectivity index (χ0v) is 8.63. The van der Waals surface area contributed by atoms with Crippen LogP contribution in [0.4, 0.5) is 8.78 Å². The Hall–Kier alpha value is -0.960. The molecule has 1 aliphatic heterocycles. The van der Waals surface area contributed by atoms with Crippen molar-refractivity contribution in [2.24, 2.45) is 5.92 Å². The van der Waals surface area contributed by atoms with Gasteiger partial charge >= 0.3 is 0 Å². The molecule has 15 heavy (non-hydrogen) atoms. The van der Waals surface area contributed by atoms with Gasteiger partial charge in [0.25, 0.3) is 0 Å². The molecule has 3 rings (SSSR count). The summed E-state index contributed by atoms with van der Waals surface area (Å²) < 4.78 is 26.9. The molecule has 2 aliphatic rings. The molecule has 1 saturated carbocycles. The van der Waals surface area contributed by atoms with Crippen LogP contribution in [0, 0.1) is 17.6 Å². The Morgan fingerprint density at radius 3 is 2.00 bits per heavy atom. The van der Waals surface area contributed by atoms with E-state index >= 15 is 0 Å². The minimum absolute atomic E-state index is 0.262. The Balaban J connectivity index is 1.92.